The van der Waals surface area contributed by atoms with Gasteiger partial charge in [0.2, 0.25) is 0 Å². The summed E-state index contributed by atoms with van der Waals surface area (Å²) in [4.78, 5) is 57.2. The maximum Gasteiger partial charge on any atom is 0.303 e. The van der Waals surface area contributed by atoms with E-state index in [1.54, 1.807) is 0 Å². The number of non-ortho nitro benzene ring substituents is 1. The van der Waals surface area contributed by atoms with Crippen molar-refractivity contribution in [1.82, 2.24) is 0 Å². The Morgan fingerprint density at radius 3 is 2.06 bits per heavy atom. The average Bonchev–Trinajstić information content (AvgIpc) is 2.70. The largest absolute Gasteiger partial charge is 0.463 e. The van der Waals surface area contributed by atoms with Crippen LogP contribution in [0.2, 0.25) is 0 Å². The molecule has 13 heteroatoms. The maximum absolute atomic E-state index is 11.8. The first kappa shape index (κ1) is 25.5. The number of anilines is 1. The maximum atomic E-state index is 11.8. The van der Waals surface area contributed by atoms with Crippen LogP contribution in [-0.2, 0) is 42.9 Å². The van der Waals surface area contributed by atoms with Crippen LogP contribution < -0.4 is 5.32 Å². The lowest BCUT2D eigenvalue weighted by Gasteiger charge is -2.44. The number of hydrogen-bond acceptors (Lipinski definition) is 12. The second kappa shape index (κ2) is 11.2. The summed E-state index contributed by atoms with van der Waals surface area (Å²) in [5, 5.41) is 13.9. The minimum absolute atomic E-state index is 0.217. The molecule has 1 aromatic rings. The smallest absolute Gasteiger partial charge is 0.303 e. The van der Waals surface area contributed by atoms with E-state index in [0.29, 0.717) is 0 Å². The molecule has 1 heterocycles. The molecule has 1 fully saturated rings. The molecule has 0 spiro atoms. The minimum Gasteiger partial charge on any atom is -0.463 e. The highest BCUT2D eigenvalue weighted by atomic mass is 16.7. The molecule has 0 amide bonds. The van der Waals surface area contributed by atoms with Gasteiger partial charge < -0.3 is 29.0 Å². The van der Waals surface area contributed by atoms with Crippen LogP contribution in [0, 0.1) is 10.1 Å². The summed E-state index contributed by atoms with van der Waals surface area (Å²) < 4.78 is 26.8. The molecule has 13 nitrogen and oxygen atoms in total. The SMILES string of the molecule is CC(=O)OC[C@H]1O[C@@H](Nc2cccc([N+](=O)[O-])c2)[C@H](OC(C)=O)[C@@H](OC(C)=O)[C@@H]1OC(C)=O. The normalized spacial score (nSPS) is 24.2. The summed E-state index contributed by atoms with van der Waals surface area (Å²) >= 11 is 0. The van der Waals surface area contributed by atoms with E-state index in [0.717, 1.165) is 27.7 Å². The first-order valence-electron chi connectivity index (χ1n) is 9.79. The molecule has 0 unspecified atom stereocenters. The van der Waals surface area contributed by atoms with Crippen LogP contribution in [0.3, 0.4) is 0 Å². The van der Waals surface area contributed by atoms with Gasteiger partial charge in [0.25, 0.3) is 5.69 Å². The Hall–Kier alpha value is -3.74. The topological polar surface area (TPSA) is 170 Å². The van der Waals surface area contributed by atoms with Gasteiger partial charge in [-0.15, -0.1) is 0 Å². The molecule has 33 heavy (non-hydrogen) atoms. The first-order valence-corrected chi connectivity index (χ1v) is 9.79. The predicted molar refractivity (Wildman–Crippen MR) is 109 cm³/mol. The van der Waals surface area contributed by atoms with E-state index >= 15 is 0 Å². The molecule has 1 aliphatic rings. The Morgan fingerprint density at radius 2 is 1.52 bits per heavy atom. The van der Waals surface area contributed by atoms with E-state index in [4.69, 9.17) is 23.7 Å². The highest BCUT2D eigenvalue weighted by Crippen LogP contribution is 2.30. The van der Waals surface area contributed by atoms with Gasteiger partial charge in [0.1, 0.15) is 12.7 Å². The lowest BCUT2D eigenvalue weighted by molar-refractivity contribution is -0.384. The number of hydrogen-bond donors (Lipinski definition) is 1. The van der Waals surface area contributed by atoms with E-state index in [1.807, 2.05) is 0 Å². The van der Waals surface area contributed by atoms with Crippen molar-refractivity contribution in [2.24, 2.45) is 0 Å². The van der Waals surface area contributed by atoms with Gasteiger partial charge >= 0.3 is 23.9 Å². The molecule has 5 atom stereocenters. The molecule has 0 saturated carbocycles. The van der Waals surface area contributed by atoms with Gasteiger partial charge in [0, 0.05) is 45.5 Å². The third-order valence-corrected chi connectivity index (χ3v) is 4.36. The molecule has 1 N–H and O–H groups in total. The fourth-order valence-electron chi connectivity index (χ4n) is 3.22. The van der Waals surface area contributed by atoms with Crippen LogP contribution in [0.4, 0.5) is 11.4 Å². The second-order valence-corrected chi connectivity index (χ2v) is 7.07. The second-order valence-electron chi connectivity index (χ2n) is 7.07. The van der Waals surface area contributed by atoms with E-state index < -0.39 is 59.4 Å². The number of benzene rings is 1. The van der Waals surface area contributed by atoms with Crippen LogP contribution in [0.1, 0.15) is 27.7 Å². The van der Waals surface area contributed by atoms with Gasteiger partial charge in [-0.2, -0.15) is 0 Å². The average molecular weight is 468 g/mol. The summed E-state index contributed by atoms with van der Waals surface area (Å²) in [6.07, 6.45) is -6.33. The molecule has 180 valence electrons. The number of rotatable bonds is 8. The highest BCUT2D eigenvalue weighted by Gasteiger charge is 2.52. The van der Waals surface area contributed by atoms with Crippen molar-refractivity contribution < 1.29 is 47.8 Å². The van der Waals surface area contributed by atoms with Crippen LogP contribution in [0.15, 0.2) is 24.3 Å². The Kier molecular flexibility index (Phi) is 8.68. The van der Waals surface area contributed by atoms with Gasteiger partial charge in [-0.25, -0.2) is 0 Å². The van der Waals surface area contributed by atoms with E-state index in [9.17, 15) is 29.3 Å². The Balaban J connectivity index is 2.47. The Morgan fingerprint density at radius 1 is 0.939 bits per heavy atom. The molecular formula is C20H24N2O11. The molecule has 1 saturated heterocycles. The third kappa shape index (κ3) is 7.42. The number of ether oxygens (including phenoxy) is 5. The number of nitrogens with zero attached hydrogens (tertiary/aromatic N) is 1. The van der Waals surface area contributed by atoms with Crippen molar-refractivity contribution >= 4 is 35.3 Å². The Bertz CT molecular complexity index is 919. The zero-order valence-corrected chi connectivity index (χ0v) is 18.3. The van der Waals surface area contributed by atoms with Gasteiger partial charge in [-0.3, -0.25) is 29.3 Å². The summed E-state index contributed by atoms with van der Waals surface area (Å²) in [6, 6.07) is 5.42. The quantitative estimate of drug-likeness (QED) is 0.250. The molecule has 0 bridgehead atoms. The fraction of sp³-hybridized carbons (Fsp3) is 0.500. The summed E-state index contributed by atoms with van der Waals surface area (Å²) in [6.45, 7) is 4.11. The zero-order valence-electron chi connectivity index (χ0n) is 18.3. The van der Waals surface area contributed by atoms with Gasteiger partial charge in [0.15, 0.2) is 24.5 Å². The number of carbonyl (C=O) groups excluding carboxylic acids is 4. The van der Waals surface area contributed by atoms with Crippen molar-refractivity contribution in [3.63, 3.8) is 0 Å². The number of carbonyl (C=O) groups is 4. The monoisotopic (exact) mass is 468 g/mol. The zero-order chi connectivity index (χ0) is 24.7. The minimum atomic E-state index is -1.35. The van der Waals surface area contributed by atoms with Gasteiger partial charge in [0.05, 0.1) is 4.92 Å². The number of nitrogens with one attached hydrogen (secondary N) is 1. The van der Waals surface area contributed by atoms with E-state index in [2.05, 4.69) is 5.32 Å². The molecule has 2 rings (SSSR count). The molecular weight excluding hydrogens is 444 g/mol. The third-order valence-electron chi connectivity index (χ3n) is 4.36. The van der Waals surface area contributed by atoms with Crippen molar-refractivity contribution in [3.05, 3.63) is 34.4 Å². The molecule has 0 aromatic heterocycles. The van der Waals surface area contributed by atoms with Gasteiger partial charge in [-0.1, -0.05) is 6.07 Å². The number of esters is 4. The summed E-state index contributed by atoms with van der Waals surface area (Å²) in [5.74, 6) is -2.92. The van der Waals surface area contributed by atoms with Gasteiger partial charge in [-0.05, 0) is 6.07 Å². The van der Waals surface area contributed by atoms with Crippen LogP contribution in [-0.4, -0.2) is 66.1 Å². The van der Waals surface area contributed by atoms with E-state index in [-0.39, 0.29) is 18.0 Å². The van der Waals surface area contributed by atoms with Crippen LogP contribution in [0.5, 0.6) is 0 Å². The molecule has 1 aliphatic heterocycles. The molecule has 1 aromatic carbocycles. The lowest BCUT2D eigenvalue weighted by atomic mass is 9.97. The van der Waals surface area contributed by atoms with Crippen molar-refractivity contribution in [2.45, 2.75) is 58.3 Å². The summed E-state index contributed by atoms with van der Waals surface area (Å²) in [5.41, 5.74) is 0.00994. The van der Waals surface area contributed by atoms with Crippen LogP contribution >= 0.6 is 0 Å². The standard InChI is InChI=1S/C20H24N2O11/c1-10(23)29-9-16-17(30-11(2)24)18(31-12(3)25)19(32-13(4)26)20(33-16)21-14-6-5-7-15(8-14)22(27)28/h5-8,16-21H,9H2,1-4H3/t16-,17-,18+,19-,20-/m1/s1. The van der Waals surface area contributed by atoms with Crippen molar-refractivity contribution in [2.75, 3.05) is 11.9 Å². The van der Waals surface area contributed by atoms with Crippen molar-refractivity contribution in [1.29, 1.82) is 0 Å². The van der Waals surface area contributed by atoms with Crippen LogP contribution in [0.25, 0.3) is 0 Å². The number of nitro groups is 1. The first-order chi connectivity index (χ1) is 15.5. The summed E-state index contributed by atoms with van der Waals surface area (Å²) in [7, 11) is 0. The highest BCUT2D eigenvalue weighted by molar-refractivity contribution is 5.69. The lowest BCUT2D eigenvalue weighted by Crippen LogP contribution is -2.64. The molecule has 0 radical (unpaired) electrons. The molecule has 0 aliphatic carbocycles. The van der Waals surface area contributed by atoms with Crippen molar-refractivity contribution in [3.8, 4) is 0 Å². The van der Waals surface area contributed by atoms with E-state index in [1.165, 1.54) is 24.3 Å². The predicted octanol–water partition coefficient (Wildman–Crippen LogP) is 1.09. The fourth-order valence-corrected chi connectivity index (χ4v) is 3.22. The number of nitro benzene ring substituents is 1. The Labute approximate surface area is 188 Å².